The van der Waals surface area contributed by atoms with Crippen LogP contribution in [0.25, 0.3) is 11.0 Å². The molecule has 1 aromatic carbocycles. The molecule has 98 valence electrons. The predicted octanol–water partition coefficient (Wildman–Crippen LogP) is 0.558. The zero-order valence-corrected chi connectivity index (χ0v) is 10.9. The summed E-state index contributed by atoms with van der Waals surface area (Å²) in [5, 5.41) is 0. The van der Waals surface area contributed by atoms with E-state index in [1.807, 2.05) is 28.8 Å². The van der Waals surface area contributed by atoms with Gasteiger partial charge in [0.05, 0.1) is 17.3 Å². The van der Waals surface area contributed by atoms with Gasteiger partial charge in [-0.3, -0.25) is 0 Å². The van der Waals surface area contributed by atoms with E-state index in [1.54, 1.807) is 0 Å². The van der Waals surface area contributed by atoms with Crippen molar-refractivity contribution in [2.75, 3.05) is 18.5 Å². The lowest BCUT2D eigenvalue weighted by atomic mass is 10.3. The number of hydrogen-bond donors (Lipinski definition) is 2. The van der Waals surface area contributed by atoms with Crippen LogP contribution in [-0.4, -0.2) is 30.8 Å². The topological polar surface area (TPSA) is 90.0 Å². The Morgan fingerprint density at radius 2 is 2.11 bits per heavy atom. The van der Waals surface area contributed by atoms with Crippen molar-refractivity contribution in [2.45, 2.75) is 13.0 Å². The standard InChI is InChI=1S/C11H16N4O2S/c1-18(16,17)13-7-4-8-15-10-6-3-2-5-9(10)14-11(15)12/h2-3,5-6,13H,4,7-8H2,1H3,(H2,12,14). The molecule has 0 saturated heterocycles. The van der Waals surface area contributed by atoms with Gasteiger partial charge in [-0.05, 0) is 18.6 Å². The van der Waals surface area contributed by atoms with Gasteiger partial charge < -0.3 is 10.3 Å². The Morgan fingerprint density at radius 3 is 2.83 bits per heavy atom. The molecule has 3 N–H and O–H groups in total. The molecule has 0 atom stereocenters. The van der Waals surface area contributed by atoms with E-state index < -0.39 is 10.0 Å². The number of sulfonamides is 1. The number of imidazole rings is 1. The minimum absolute atomic E-state index is 0.394. The number of nitrogens with one attached hydrogen (secondary N) is 1. The van der Waals surface area contributed by atoms with E-state index in [-0.39, 0.29) is 0 Å². The van der Waals surface area contributed by atoms with Crippen LogP contribution in [0.4, 0.5) is 5.95 Å². The number of aromatic nitrogens is 2. The van der Waals surface area contributed by atoms with Crippen LogP contribution >= 0.6 is 0 Å². The molecule has 0 aliphatic heterocycles. The molecular formula is C11H16N4O2S. The number of nitrogens with zero attached hydrogens (tertiary/aromatic N) is 2. The predicted molar refractivity (Wildman–Crippen MR) is 71.6 cm³/mol. The van der Waals surface area contributed by atoms with Crippen LogP contribution in [0.15, 0.2) is 24.3 Å². The molecular weight excluding hydrogens is 252 g/mol. The zero-order chi connectivity index (χ0) is 13.2. The molecule has 0 unspecified atom stereocenters. The Kier molecular flexibility index (Phi) is 3.53. The number of nitrogens with two attached hydrogens (primary N) is 1. The molecule has 1 aromatic heterocycles. The smallest absolute Gasteiger partial charge is 0.208 e. The summed E-state index contributed by atoms with van der Waals surface area (Å²) in [5.41, 5.74) is 7.65. The van der Waals surface area contributed by atoms with E-state index in [0.29, 0.717) is 25.5 Å². The molecule has 1 heterocycles. The fraction of sp³-hybridized carbons (Fsp3) is 0.364. The largest absolute Gasteiger partial charge is 0.369 e. The molecule has 0 radical (unpaired) electrons. The van der Waals surface area contributed by atoms with Gasteiger partial charge in [-0.2, -0.15) is 0 Å². The quantitative estimate of drug-likeness (QED) is 0.775. The number of benzene rings is 1. The van der Waals surface area contributed by atoms with Gasteiger partial charge in [0.15, 0.2) is 0 Å². The van der Waals surface area contributed by atoms with Gasteiger partial charge in [0.2, 0.25) is 16.0 Å². The van der Waals surface area contributed by atoms with E-state index >= 15 is 0 Å². The van der Waals surface area contributed by atoms with Gasteiger partial charge >= 0.3 is 0 Å². The minimum Gasteiger partial charge on any atom is -0.369 e. The van der Waals surface area contributed by atoms with Gasteiger partial charge in [-0.1, -0.05) is 12.1 Å². The van der Waals surface area contributed by atoms with Crippen LogP contribution in [0, 0.1) is 0 Å². The summed E-state index contributed by atoms with van der Waals surface area (Å²) >= 11 is 0. The second-order valence-electron chi connectivity index (χ2n) is 4.13. The van der Waals surface area contributed by atoms with Gasteiger partial charge in [0.25, 0.3) is 0 Å². The van der Waals surface area contributed by atoms with E-state index in [0.717, 1.165) is 17.3 Å². The maximum absolute atomic E-state index is 10.9. The average molecular weight is 268 g/mol. The number of para-hydroxylation sites is 2. The molecule has 0 bridgehead atoms. The molecule has 6 nitrogen and oxygen atoms in total. The number of hydrogen-bond acceptors (Lipinski definition) is 4. The van der Waals surface area contributed by atoms with Crippen LogP contribution in [0.2, 0.25) is 0 Å². The van der Waals surface area contributed by atoms with Crippen molar-refractivity contribution in [3.05, 3.63) is 24.3 Å². The fourth-order valence-corrected chi connectivity index (χ4v) is 2.34. The monoisotopic (exact) mass is 268 g/mol. The van der Waals surface area contributed by atoms with Crippen molar-refractivity contribution in [3.63, 3.8) is 0 Å². The number of fused-ring (bicyclic) bond motifs is 1. The van der Waals surface area contributed by atoms with Crippen molar-refractivity contribution in [1.82, 2.24) is 14.3 Å². The van der Waals surface area contributed by atoms with Gasteiger partial charge in [0, 0.05) is 13.1 Å². The van der Waals surface area contributed by atoms with Gasteiger partial charge in [-0.25, -0.2) is 18.1 Å². The molecule has 18 heavy (non-hydrogen) atoms. The summed E-state index contributed by atoms with van der Waals surface area (Å²) in [6.45, 7) is 1.03. The Morgan fingerprint density at radius 1 is 1.39 bits per heavy atom. The Hall–Kier alpha value is -1.60. The summed E-state index contributed by atoms with van der Waals surface area (Å²) in [4.78, 5) is 4.24. The second kappa shape index (κ2) is 4.95. The van der Waals surface area contributed by atoms with Crippen molar-refractivity contribution >= 4 is 27.0 Å². The molecule has 2 rings (SSSR count). The zero-order valence-electron chi connectivity index (χ0n) is 10.1. The van der Waals surface area contributed by atoms with Crippen LogP contribution in [0.5, 0.6) is 0 Å². The van der Waals surface area contributed by atoms with Crippen LogP contribution in [0.1, 0.15) is 6.42 Å². The van der Waals surface area contributed by atoms with Crippen LogP contribution in [-0.2, 0) is 16.6 Å². The number of nitrogen functional groups attached to an aromatic ring is 1. The lowest BCUT2D eigenvalue weighted by molar-refractivity contribution is 0.578. The highest BCUT2D eigenvalue weighted by molar-refractivity contribution is 7.88. The van der Waals surface area contributed by atoms with Crippen molar-refractivity contribution < 1.29 is 8.42 Å². The molecule has 0 saturated carbocycles. The maximum Gasteiger partial charge on any atom is 0.208 e. The van der Waals surface area contributed by atoms with E-state index in [2.05, 4.69) is 9.71 Å². The SMILES string of the molecule is CS(=O)(=O)NCCCn1c(N)nc2ccccc21. The summed E-state index contributed by atoms with van der Waals surface area (Å²) in [5.74, 6) is 0.454. The fourth-order valence-electron chi connectivity index (χ4n) is 1.82. The molecule has 0 aliphatic carbocycles. The highest BCUT2D eigenvalue weighted by Crippen LogP contribution is 2.17. The van der Waals surface area contributed by atoms with Crippen LogP contribution in [0.3, 0.4) is 0 Å². The molecule has 0 aliphatic rings. The maximum atomic E-state index is 10.9. The summed E-state index contributed by atoms with van der Waals surface area (Å²) in [6.07, 6.45) is 1.81. The number of rotatable bonds is 5. The van der Waals surface area contributed by atoms with Crippen molar-refractivity contribution in [3.8, 4) is 0 Å². The average Bonchev–Trinajstić information content (AvgIpc) is 2.59. The summed E-state index contributed by atoms with van der Waals surface area (Å²) in [7, 11) is -3.12. The van der Waals surface area contributed by atoms with Crippen LogP contribution < -0.4 is 10.5 Å². The first kappa shape index (κ1) is 12.8. The minimum atomic E-state index is -3.12. The first-order valence-electron chi connectivity index (χ1n) is 5.63. The second-order valence-corrected chi connectivity index (χ2v) is 5.96. The van der Waals surface area contributed by atoms with Crippen molar-refractivity contribution in [2.24, 2.45) is 0 Å². The third kappa shape index (κ3) is 2.99. The molecule has 2 aromatic rings. The first-order chi connectivity index (χ1) is 8.47. The summed E-state index contributed by atoms with van der Waals surface area (Å²) in [6, 6.07) is 7.68. The number of aryl methyl sites for hydroxylation is 1. The van der Waals surface area contributed by atoms with E-state index in [9.17, 15) is 8.42 Å². The van der Waals surface area contributed by atoms with Crippen molar-refractivity contribution in [1.29, 1.82) is 0 Å². The van der Waals surface area contributed by atoms with E-state index in [1.165, 1.54) is 0 Å². The molecule has 7 heteroatoms. The highest BCUT2D eigenvalue weighted by Gasteiger charge is 2.07. The lowest BCUT2D eigenvalue weighted by Gasteiger charge is -2.06. The lowest BCUT2D eigenvalue weighted by Crippen LogP contribution is -2.24. The highest BCUT2D eigenvalue weighted by atomic mass is 32.2. The Labute approximate surface area is 106 Å². The van der Waals surface area contributed by atoms with Gasteiger partial charge in [-0.15, -0.1) is 0 Å². The van der Waals surface area contributed by atoms with E-state index in [4.69, 9.17) is 5.73 Å². The Bertz CT molecular complexity index is 648. The third-order valence-corrected chi connectivity index (χ3v) is 3.34. The normalized spacial score (nSPS) is 12.1. The summed E-state index contributed by atoms with van der Waals surface area (Å²) < 4.78 is 26.2. The number of anilines is 1. The van der Waals surface area contributed by atoms with Gasteiger partial charge in [0.1, 0.15) is 0 Å². The Balaban J connectivity index is 2.06. The third-order valence-electron chi connectivity index (χ3n) is 2.61. The molecule has 0 fully saturated rings. The molecule has 0 spiro atoms. The molecule has 0 amide bonds. The first-order valence-corrected chi connectivity index (χ1v) is 7.52.